The fraction of sp³-hybridized carbons (Fsp3) is 0.278. The number of ether oxygens (including phenoxy) is 1. The lowest BCUT2D eigenvalue weighted by Gasteiger charge is -2.21. The van der Waals surface area contributed by atoms with Gasteiger partial charge in [0.2, 0.25) is 0 Å². The van der Waals surface area contributed by atoms with E-state index in [9.17, 15) is 4.79 Å². The maximum absolute atomic E-state index is 10.9. The van der Waals surface area contributed by atoms with E-state index in [4.69, 9.17) is 9.84 Å². The molecule has 21 heavy (non-hydrogen) atoms. The molecule has 0 heterocycles. The van der Waals surface area contributed by atoms with Gasteiger partial charge in [0.05, 0.1) is 12.7 Å². The zero-order chi connectivity index (χ0) is 15.4. The Kier molecular flexibility index (Phi) is 4.63. The van der Waals surface area contributed by atoms with Crippen molar-refractivity contribution < 1.29 is 14.6 Å². The van der Waals surface area contributed by atoms with Crippen LogP contribution in [0.5, 0.6) is 5.75 Å². The van der Waals surface area contributed by atoms with Crippen LogP contribution in [0.2, 0.25) is 0 Å². The van der Waals surface area contributed by atoms with Crippen molar-refractivity contribution in [3.05, 3.63) is 65.2 Å². The minimum Gasteiger partial charge on any atom is -0.497 e. The van der Waals surface area contributed by atoms with Gasteiger partial charge >= 0.3 is 5.97 Å². The van der Waals surface area contributed by atoms with Gasteiger partial charge in [-0.25, -0.2) is 4.79 Å². The minimum atomic E-state index is -0.891. The van der Waals surface area contributed by atoms with Crippen LogP contribution in [0.25, 0.3) is 0 Å². The number of carboxylic acids is 1. The molecule has 2 aromatic carbocycles. The first-order valence-electron chi connectivity index (χ1n) is 7.00. The average molecular weight is 284 g/mol. The van der Waals surface area contributed by atoms with Gasteiger partial charge in [0.25, 0.3) is 0 Å². The maximum Gasteiger partial charge on any atom is 0.335 e. The van der Waals surface area contributed by atoms with Crippen LogP contribution in [-0.4, -0.2) is 18.2 Å². The van der Waals surface area contributed by atoms with E-state index in [1.54, 1.807) is 19.2 Å². The summed E-state index contributed by atoms with van der Waals surface area (Å²) in [4.78, 5) is 10.9. The summed E-state index contributed by atoms with van der Waals surface area (Å²) < 4.78 is 5.17. The number of carboxylic acid groups (broad SMARTS) is 1. The van der Waals surface area contributed by atoms with Gasteiger partial charge < -0.3 is 9.84 Å². The summed E-state index contributed by atoms with van der Waals surface area (Å²) in [5.41, 5.74) is 2.71. The van der Waals surface area contributed by atoms with Crippen molar-refractivity contribution in [3.63, 3.8) is 0 Å². The van der Waals surface area contributed by atoms with Crippen molar-refractivity contribution in [2.24, 2.45) is 0 Å². The van der Waals surface area contributed by atoms with E-state index in [0.717, 1.165) is 11.3 Å². The van der Waals surface area contributed by atoms with Gasteiger partial charge in [0, 0.05) is 0 Å². The van der Waals surface area contributed by atoms with Crippen LogP contribution in [0.4, 0.5) is 0 Å². The zero-order valence-corrected chi connectivity index (χ0v) is 12.5. The minimum absolute atomic E-state index is 0.307. The van der Waals surface area contributed by atoms with Crippen LogP contribution < -0.4 is 4.74 Å². The molecule has 0 radical (unpaired) electrons. The largest absolute Gasteiger partial charge is 0.497 e. The van der Waals surface area contributed by atoms with E-state index < -0.39 is 5.97 Å². The Bertz CT molecular complexity index is 599. The molecule has 0 bridgehead atoms. The molecular weight excluding hydrogens is 264 g/mol. The number of carbonyl (C=O) groups is 1. The van der Waals surface area contributed by atoms with Gasteiger partial charge in [-0.15, -0.1) is 0 Å². The molecule has 2 aromatic rings. The monoisotopic (exact) mass is 284 g/mol. The Morgan fingerprint density at radius 3 is 1.71 bits per heavy atom. The van der Waals surface area contributed by atoms with E-state index in [1.807, 2.05) is 24.3 Å². The Hall–Kier alpha value is -2.29. The van der Waals surface area contributed by atoms with Gasteiger partial charge in [-0.05, 0) is 47.2 Å². The SMILES string of the molecule is COc1ccc(C(C)C(C)c2ccc(C(=O)O)cc2)cc1. The number of methoxy groups -OCH3 is 1. The standard InChI is InChI=1S/C18H20O3/c1-12(14-4-6-16(7-5-14)18(19)20)13(2)15-8-10-17(21-3)11-9-15/h4-13H,1-3H3,(H,19,20). The summed E-state index contributed by atoms with van der Waals surface area (Å²) in [6, 6.07) is 15.2. The van der Waals surface area contributed by atoms with Gasteiger partial charge in [-0.1, -0.05) is 38.1 Å². The van der Waals surface area contributed by atoms with Gasteiger partial charge in [0.1, 0.15) is 5.75 Å². The molecule has 0 fully saturated rings. The second-order valence-electron chi connectivity index (χ2n) is 5.28. The molecule has 0 aliphatic rings. The molecule has 0 spiro atoms. The molecule has 2 atom stereocenters. The molecule has 0 aromatic heterocycles. The molecule has 3 nitrogen and oxygen atoms in total. The Morgan fingerprint density at radius 1 is 0.905 bits per heavy atom. The predicted molar refractivity (Wildman–Crippen MR) is 83.2 cm³/mol. The van der Waals surface area contributed by atoms with Crippen molar-refractivity contribution in [1.29, 1.82) is 0 Å². The third-order valence-corrected chi connectivity index (χ3v) is 4.08. The third-order valence-electron chi connectivity index (χ3n) is 4.08. The van der Waals surface area contributed by atoms with E-state index in [1.165, 1.54) is 5.56 Å². The molecule has 1 N–H and O–H groups in total. The van der Waals surface area contributed by atoms with Crippen LogP contribution >= 0.6 is 0 Å². The van der Waals surface area contributed by atoms with E-state index in [-0.39, 0.29) is 0 Å². The lowest BCUT2D eigenvalue weighted by Crippen LogP contribution is -2.05. The Balaban J connectivity index is 2.17. The fourth-order valence-electron chi connectivity index (χ4n) is 2.41. The van der Waals surface area contributed by atoms with Crippen LogP contribution in [0.15, 0.2) is 48.5 Å². The number of rotatable bonds is 5. The molecule has 110 valence electrons. The molecule has 0 aliphatic heterocycles. The predicted octanol–water partition coefficient (Wildman–Crippen LogP) is 4.30. The topological polar surface area (TPSA) is 46.5 Å². The molecule has 0 aliphatic carbocycles. The number of hydrogen-bond acceptors (Lipinski definition) is 2. The highest BCUT2D eigenvalue weighted by Crippen LogP contribution is 2.33. The molecule has 0 amide bonds. The zero-order valence-electron chi connectivity index (χ0n) is 12.5. The van der Waals surface area contributed by atoms with Crippen LogP contribution in [0.1, 0.15) is 47.2 Å². The van der Waals surface area contributed by atoms with Crippen molar-refractivity contribution in [3.8, 4) is 5.75 Å². The first-order valence-corrected chi connectivity index (χ1v) is 7.00. The van der Waals surface area contributed by atoms with Crippen molar-refractivity contribution >= 4 is 5.97 Å². The van der Waals surface area contributed by atoms with Crippen LogP contribution in [0.3, 0.4) is 0 Å². The molecule has 3 heteroatoms. The normalized spacial score (nSPS) is 13.5. The molecule has 0 saturated carbocycles. The summed E-state index contributed by atoms with van der Waals surface area (Å²) in [7, 11) is 1.66. The van der Waals surface area contributed by atoms with Crippen molar-refractivity contribution in [1.82, 2.24) is 0 Å². The average Bonchev–Trinajstić information content (AvgIpc) is 2.53. The summed E-state index contributed by atoms with van der Waals surface area (Å²) in [6.07, 6.45) is 0. The van der Waals surface area contributed by atoms with E-state index in [0.29, 0.717) is 17.4 Å². The highest BCUT2D eigenvalue weighted by atomic mass is 16.5. The van der Waals surface area contributed by atoms with Crippen LogP contribution in [0, 0.1) is 0 Å². The summed E-state index contributed by atoms with van der Waals surface area (Å²) in [5, 5.41) is 8.94. The fourth-order valence-corrected chi connectivity index (χ4v) is 2.41. The highest BCUT2D eigenvalue weighted by molar-refractivity contribution is 5.87. The molecule has 0 saturated heterocycles. The molecular formula is C18H20O3. The second-order valence-corrected chi connectivity index (χ2v) is 5.28. The van der Waals surface area contributed by atoms with Crippen molar-refractivity contribution in [2.75, 3.05) is 7.11 Å². The molecule has 2 rings (SSSR count). The van der Waals surface area contributed by atoms with Crippen LogP contribution in [-0.2, 0) is 0 Å². The maximum atomic E-state index is 10.9. The first kappa shape index (κ1) is 15.1. The quantitative estimate of drug-likeness (QED) is 0.890. The van der Waals surface area contributed by atoms with Gasteiger partial charge in [0.15, 0.2) is 0 Å². The first-order chi connectivity index (χ1) is 10.0. The number of benzene rings is 2. The lowest BCUT2D eigenvalue weighted by atomic mass is 9.84. The second kappa shape index (κ2) is 6.44. The lowest BCUT2D eigenvalue weighted by molar-refractivity contribution is 0.0697. The van der Waals surface area contributed by atoms with E-state index in [2.05, 4.69) is 26.0 Å². The highest BCUT2D eigenvalue weighted by Gasteiger charge is 2.16. The number of hydrogen-bond donors (Lipinski definition) is 1. The third kappa shape index (κ3) is 3.43. The summed E-state index contributed by atoms with van der Waals surface area (Å²) in [5.74, 6) is 0.606. The Labute approximate surface area is 125 Å². The Morgan fingerprint density at radius 2 is 1.33 bits per heavy atom. The van der Waals surface area contributed by atoms with E-state index >= 15 is 0 Å². The van der Waals surface area contributed by atoms with Gasteiger partial charge in [-0.2, -0.15) is 0 Å². The summed E-state index contributed by atoms with van der Waals surface area (Å²) >= 11 is 0. The smallest absolute Gasteiger partial charge is 0.335 e. The molecule has 2 unspecified atom stereocenters. The van der Waals surface area contributed by atoms with Gasteiger partial charge in [-0.3, -0.25) is 0 Å². The summed E-state index contributed by atoms with van der Waals surface area (Å²) in [6.45, 7) is 4.34. The number of aromatic carboxylic acids is 1. The van der Waals surface area contributed by atoms with Crippen molar-refractivity contribution in [2.45, 2.75) is 25.7 Å².